The molecule has 0 saturated heterocycles. The lowest BCUT2D eigenvalue weighted by Crippen LogP contribution is -2.31. The van der Waals surface area contributed by atoms with Crippen LogP contribution in [0.5, 0.6) is 0 Å². The van der Waals surface area contributed by atoms with Crippen LogP contribution in [0, 0.1) is 11.6 Å². The Morgan fingerprint density at radius 2 is 1.96 bits per heavy atom. The van der Waals surface area contributed by atoms with E-state index >= 15 is 0 Å². The van der Waals surface area contributed by atoms with Crippen LogP contribution in [-0.4, -0.2) is 24.1 Å². The number of esters is 1. The molecule has 0 bridgehead atoms. The molecule has 0 unspecified atom stereocenters. The van der Waals surface area contributed by atoms with Crippen molar-refractivity contribution in [3.63, 3.8) is 0 Å². The topological polar surface area (TPSA) is 42.4 Å². The van der Waals surface area contributed by atoms with Crippen molar-refractivity contribution < 1.29 is 18.3 Å². The summed E-state index contributed by atoms with van der Waals surface area (Å²) in [5.74, 6) is -1.63. The molecular formula is C17H16F2N2O2. The van der Waals surface area contributed by atoms with Gasteiger partial charge in [-0.3, -0.25) is 0 Å². The Balaban J connectivity index is 1.82. The summed E-state index contributed by atoms with van der Waals surface area (Å²) in [4.78, 5) is 17.7. The third-order valence-electron chi connectivity index (χ3n) is 3.79. The van der Waals surface area contributed by atoms with Gasteiger partial charge in [-0.1, -0.05) is 0 Å². The first kappa shape index (κ1) is 15.4. The van der Waals surface area contributed by atoms with E-state index in [9.17, 15) is 13.6 Å². The van der Waals surface area contributed by atoms with Gasteiger partial charge in [-0.25, -0.2) is 18.6 Å². The fraction of sp³-hybridized carbons (Fsp3) is 0.294. The van der Waals surface area contributed by atoms with Gasteiger partial charge in [-0.15, -0.1) is 0 Å². The lowest BCUT2D eigenvalue weighted by molar-refractivity contribution is 0.0519. The summed E-state index contributed by atoms with van der Waals surface area (Å²) in [5, 5.41) is 0. The maximum atomic E-state index is 13.4. The zero-order valence-corrected chi connectivity index (χ0v) is 12.7. The van der Waals surface area contributed by atoms with Gasteiger partial charge in [0.05, 0.1) is 6.61 Å². The molecule has 0 fully saturated rings. The Labute approximate surface area is 132 Å². The molecule has 0 radical (unpaired) electrons. The van der Waals surface area contributed by atoms with E-state index in [4.69, 9.17) is 4.74 Å². The zero-order valence-electron chi connectivity index (χ0n) is 12.7. The van der Waals surface area contributed by atoms with Crippen molar-refractivity contribution in [1.29, 1.82) is 0 Å². The lowest BCUT2D eigenvalue weighted by atomic mass is 10.0. The van der Waals surface area contributed by atoms with Gasteiger partial charge < -0.3 is 9.64 Å². The number of pyridine rings is 1. The molecule has 6 heteroatoms. The van der Waals surface area contributed by atoms with Gasteiger partial charge in [-0.2, -0.15) is 0 Å². The lowest BCUT2D eigenvalue weighted by Gasteiger charge is -2.30. The Kier molecular flexibility index (Phi) is 4.23. The van der Waals surface area contributed by atoms with Crippen LogP contribution in [0.15, 0.2) is 30.5 Å². The number of halogens is 2. The molecule has 23 heavy (non-hydrogen) atoms. The summed E-state index contributed by atoms with van der Waals surface area (Å²) in [6.07, 6.45) is 2.30. The van der Waals surface area contributed by atoms with E-state index in [0.717, 1.165) is 17.2 Å². The number of nitrogens with zero attached hydrogens (tertiary/aromatic N) is 2. The van der Waals surface area contributed by atoms with E-state index in [1.807, 2.05) is 4.90 Å². The van der Waals surface area contributed by atoms with E-state index in [-0.39, 0.29) is 5.69 Å². The van der Waals surface area contributed by atoms with E-state index in [2.05, 4.69) is 4.98 Å². The van der Waals surface area contributed by atoms with Crippen LogP contribution in [0.3, 0.4) is 0 Å². The fourth-order valence-electron chi connectivity index (χ4n) is 2.70. The van der Waals surface area contributed by atoms with Crippen LogP contribution in [-0.2, 0) is 17.7 Å². The van der Waals surface area contributed by atoms with Crippen LogP contribution in [0.25, 0.3) is 0 Å². The Morgan fingerprint density at radius 1 is 1.22 bits per heavy atom. The average molecular weight is 318 g/mol. The number of fused-ring (bicyclic) bond motifs is 1. The zero-order chi connectivity index (χ0) is 16.4. The molecule has 1 aliphatic rings. The minimum Gasteiger partial charge on any atom is -0.461 e. The Bertz CT molecular complexity index is 729. The first-order valence-electron chi connectivity index (χ1n) is 7.43. The minimum absolute atomic E-state index is 0.288. The number of hydrogen-bond acceptors (Lipinski definition) is 4. The highest BCUT2D eigenvalue weighted by atomic mass is 19.1. The summed E-state index contributed by atoms with van der Waals surface area (Å²) >= 11 is 0. The highest BCUT2D eigenvalue weighted by Crippen LogP contribution is 2.26. The third-order valence-corrected chi connectivity index (χ3v) is 3.79. The second kappa shape index (κ2) is 6.32. The highest BCUT2D eigenvalue weighted by Gasteiger charge is 2.20. The molecule has 1 aliphatic heterocycles. The number of ether oxygens (including phenoxy) is 1. The summed E-state index contributed by atoms with van der Waals surface area (Å²) in [5.41, 5.74) is 2.74. The Morgan fingerprint density at radius 3 is 2.65 bits per heavy atom. The van der Waals surface area contributed by atoms with Gasteiger partial charge in [0, 0.05) is 31.0 Å². The van der Waals surface area contributed by atoms with Crippen molar-refractivity contribution in [2.75, 3.05) is 18.1 Å². The first-order valence-corrected chi connectivity index (χ1v) is 7.43. The summed E-state index contributed by atoms with van der Waals surface area (Å²) in [6, 6.07) is 5.22. The average Bonchev–Trinajstić information content (AvgIpc) is 2.53. The van der Waals surface area contributed by atoms with Gasteiger partial charge >= 0.3 is 5.97 Å². The largest absolute Gasteiger partial charge is 0.461 e. The number of rotatable bonds is 3. The van der Waals surface area contributed by atoms with Crippen LogP contribution < -0.4 is 4.90 Å². The molecule has 120 valence electrons. The molecule has 3 rings (SSSR count). The standard InChI is InChI=1S/C17H16F2N2O2/c1-2-23-17(22)16-5-11-3-4-21(10-12(11)9-20-16)15-7-13(18)6-14(19)8-15/h5-9H,2-4,10H2,1H3. The number of carbonyl (C=O) groups excluding carboxylic acids is 1. The van der Waals surface area contributed by atoms with Crippen LogP contribution in [0.4, 0.5) is 14.5 Å². The molecular weight excluding hydrogens is 302 g/mol. The third kappa shape index (κ3) is 3.31. The van der Waals surface area contributed by atoms with Crippen LogP contribution in [0.2, 0.25) is 0 Å². The van der Waals surface area contributed by atoms with Crippen molar-refractivity contribution in [2.24, 2.45) is 0 Å². The molecule has 0 spiro atoms. The summed E-state index contributed by atoms with van der Waals surface area (Å²) in [7, 11) is 0. The minimum atomic E-state index is -0.596. The van der Waals surface area contributed by atoms with Gasteiger partial charge in [0.15, 0.2) is 0 Å². The quantitative estimate of drug-likeness (QED) is 0.816. The monoisotopic (exact) mass is 318 g/mol. The van der Waals surface area contributed by atoms with Gasteiger partial charge in [0.25, 0.3) is 0 Å². The highest BCUT2D eigenvalue weighted by molar-refractivity contribution is 5.87. The molecule has 4 nitrogen and oxygen atoms in total. The number of benzene rings is 1. The number of aromatic nitrogens is 1. The fourth-order valence-corrected chi connectivity index (χ4v) is 2.70. The number of carbonyl (C=O) groups is 1. The smallest absolute Gasteiger partial charge is 0.356 e. The van der Waals surface area contributed by atoms with E-state index < -0.39 is 17.6 Å². The second-order valence-electron chi connectivity index (χ2n) is 5.36. The van der Waals surface area contributed by atoms with Crippen molar-refractivity contribution in [3.05, 3.63) is 58.9 Å². The molecule has 0 N–H and O–H groups in total. The van der Waals surface area contributed by atoms with Crippen LogP contribution >= 0.6 is 0 Å². The van der Waals surface area contributed by atoms with Crippen molar-refractivity contribution in [3.8, 4) is 0 Å². The molecule has 1 aromatic heterocycles. The van der Waals surface area contributed by atoms with Gasteiger partial charge in [0.1, 0.15) is 17.3 Å². The molecule has 1 aromatic carbocycles. The van der Waals surface area contributed by atoms with Crippen LogP contribution in [0.1, 0.15) is 28.5 Å². The molecule has 2 heterocycles. The maximum absolute atomic E-state index is 13.4. The van der Waals surface area contributed by atoms with Crippen molar-refractivity contribution >= 4 is 11.7 Å². The first-order chi connectivity index (χ1) is 11.1. The molecule has 0 aliphatic carbocycles. The number of hydrogen-bond donors (Lipinski definition) is 0. The van der Waals surface area contributed by atoms with Crippen molar-refractivity contribution in [1.82, 2.24) is 4.98 Å². The molecule has 2 aromatic rings. The normalized spacial score (nSPS) is 13.6. The molecule has 0 amide bonds. The van der Waals surface area contributed by atoms with E-state index in [0.29, 0.717) is 31.8 Å². The Hall–Kier alpha value is -2.50. The van der Waals surface area contributed by atoms with Gasteiger partial charge in [-0.05, 0) is 42.7 Å². The second-order valence-corrected chi connectivity index (χ2v) is 5.36. The SMILES string of the molecule is CCOC(=O)c1cc2c(cn1)CN(c1cc(F)cc(F)c1)CC2. The van der Waals surface area contributed by atoms with E-state index in [1.165, 1.54) is 12.1 Å². The molecule has 0 atom stereocenters. The number of anilines is 1. The van der Waals surface area contributed by atoms with E-state index in [1.54, 1.807) is 19.2 Å². The summed E-state index contributed by atoms with van der Waals surface area (Å²) in [6.45, 7) is 3.15. The predicted molar refractivity (Wildman–Crippen MR) is 81.3 cm³/mol. The predicted octanol–water partition coefficient (Wildman–Crippen LogP) is 3.10. The van der Waals surface area contributed by atoms with Gasteiger partial charge in [0.2, 0.25) is 0 Å². The maximum Gasteiger partial charge on any atom is 0.356 e. The van der Waals surface area contributed by atoms with Crippen molar-refractivity contribution in [2.45, 2.75) is 19.9 Å². The molecule has 0 saturated carbocycles. The summed E-state index contributed by atoms with van der Waals surface area (Å²) < 4.78 is 31.7.